The van der Waals surface area contributed by atoms with Crippen molar-refractivity contribution < 1.29 is 0 Å². The Kier molecular flexibility index (Phi) is 5.99. The van der Waals surface area contributed by atoms with Gasteiger partial charge in [-0.05, 0) is 57.8 Å². The zero-order valence-corrected chi connectivity index (χ0v) is 29.0. The molecule has 0 N–H and O–H groups in total. The van der Waals surface area contributed by atoms with Gasteiger partial charge in [0, 0.05) is 43.9 Å². The molecule has 11 aromatic rings. The van der Waals surface area contributed by atoms with E-state index in [4.69, 9.17) is 15.0 Å². The fraction of sp³-hybridized carbons (Fsp3) is 0. The van der Waals surface area contributed by atoms with Crippen molar-refractivity contribution in [1.29, 1.82) is 0 Å². The van der Waals surface area contributed by atoms with Crippen molar-refractivity contribution in [3.63, 3.8) is 0 Å². The molecule has 3 heterocycles. The Bertz CT molecular complexity index is 3250. The largest absolute Gasteiger partial charge is 0.309 e. The molecule has 3 aromatic heterocycles. The minimum absolute atomic E-state index is 0.584. The van der Waals surface area contributed by atoms with E-state index in [1.165, 1.54) is 60.1 Å². The molecule has 0 radical (unpaired) electrons. The Morgan fingerprint density at radius 3 is 1.70 bits per heavy atom. The van der Waals surface area contributed by atoms with Gasteiger partial charge in [-0.2, -0.15) is 9.97 Å². The summed E-state index contributed by atoms with van der Waals surface area (Å²) in [6.45, 7) is 0. The summed E-state index contributed by atoms with van der Waals surface area (Å²) in [6, 6.07) is 62.5. The molecule has 250 valence electrons. The predicted molar refractivity (Wildman–Crippen MR) is 221 cm³/mol. The second-order valence-electron chi connectivity index (χ2n) is 14.0. The van der Waals surface area contributed by atoms with Crippen LogP contribution in [0.2, 0.25) is 0 Å². The fourth-order valence-electron chi connectivity index (χ4n) is 8.88. The molecule has 0 saturated heterocycles. The number of rotatable bonds is 4. The molecule has 12 rings (SSSR count). The van der Waals surface area contributed by atoms with E-state index >= 15 is 0 Å². The lowest BCUT2D eigenvalue weighted by atomic mass is 9.91. The SMILES string of the molecule is c1ccc(-c2nc(-c3ccccc3)nc(-n3c4cc5c(c6c4c4c7c(cccc7ccc43)-c3ccccc3-6)c3ccccc3n5-c3ccccc3)n2)cc1. The summed E-state index contributed by atoms with van der Waals surface area (Å²) in [4.78, 5) is 15.7. The van der Waals surface area contributed by atoms with E-state index in [9.17, 15) is 0 Å². The van der Waals surface area contributed by atoms with Crippen LogP contribution in [0.15, 0.2) is 176 Å². The molecule has 1 aliphatic rings. The van der Waals surface area contributed by atoms with Gasteiger partial charge in [0.1, 0.15) is 0 Å². The first kappa shape index (κ1) is 29.2. The maximum absolute atomic E-state index is 5.30. The van der Waals surface area contributed by atoms with Crippen molar-refractivity contribution in [2.75, 3.05) is 0 Å². The van der Waals surface area contributed by atoms with Gasteiger partial charge < -0.3 is 4.57 Å². The highest BCUT2D eigenvalue weighted by molar-refractivity contribution is 6.36. The van der Waals surface area contributed by atoms with Crippen LogP contribution >= 0.6 is 0 Å². The summed E-state index contributed by atoms with van der Waals surface area (Å²) < 4.78 is 4.70. The van der Waals surface area contributed by atoms with Crippen LogP contribution in [0.25, 0.3) is 111 Å². The van der Waals surface area contributed by atoms with Gasteiger partial charge in [0.05, 0.1) is 22.1 Å². The molecule has 8 aromatic carbocycles. The van der Waals surface area contributed by atoms with Crippen LogP contribution in [0, 0.1) is 0 Å². The Hall–Kier alpha value is -7.37. The first-order valence-electron chi connectivity index (χ1n) is 18.3. The Morgan fingerprint density at radius 1 is 0.352 bits per heavy atom. The summed E-state index contributed by atoms with van der Waals surface area (Å²) in [7, 11) is 0. The molecule has 0 saturated carbocycles. The standard InChI is InChI=1S/C49H29N5/c1-4-15-31(16-5-1)47-50-48(32-17-6-2-7-18-32)52-49(51-47)54-39-28-27-30-19-14-25-35-34-22-10-11-23-36(34)44-43-37-24-12-13-26-38(37)53(33-20-8-3-9-21-33)40(43)29-41(54)46(44)45(39)42(30)35/h1-29H. The number of para-hydroxylation sites is 2. The van der Waals surface area contributed by atoms with Gasteiger partial charge in [0.15, 0.2) is 11.6 Å². The molecule has 0 atom stereocenters. The number of aromatic nitrogens is 5. The van der Waals surface area contributed by atoms with Crippen LogP contribution in [-0.4, -0.2) is 24.1 Å². The summed E-state index contributed by atoms with van der Waals surface area (Å²) >= 11 is 0. The third kappa shape index (κ3) is 4.01. The van der Waals surface area contributed by atoms with Crippen molar-refractivity contribution in [2.45, 2.75) is 0 Å². The van der Waals surface area contributed by atoms with Crippen molar-refractivity contribution >= 4 is 54.4 Å². The number of nitrogens with zero attached hydrogens (tertiary/aromatic N) is 5. The van der Waals surface area contributed by atoms with E-state index in [2.05, 4.69) is 149 Å². The minimum Gasteiger partial charge on any atom is -0.309 e. The van der Waals surface area contributed by atoms with Crippen molar-refractivity contribution in [3.05, 3.63) is 176 Å². The van der Waals surface area contributed by atoms with Gasteiger partial charge in [0.25, 0.3) is 0 Å². The van der Waals surface area contributed by atoms with E-state index in [1.54, 1.807) is 0 Å². The highest BCUT2D eigenvalue weighted by atomic mass is 15.2. The van der Waals surface area contributed by atoms with Crippen molar-refractivity contribution in [1.82, 2.24) is 24.1 Å². The number of hydrogen-bond donors (Lipinski definition) is 0. The van der Waals surface area contributed by atoms with Crippen LogP contribution in [0.4, 0.5) is 0 Å². The maximum atomic E-state index is 5.30. The Labute approximate surface area is 310 Å². The summed E-state index contributed by atoms with van der Waals surface area (Å²) in [5, 5.41) is 7.34. The Balaban J connectivity index is 1.34. The van der Waals surface area contributed by atoms with E-state index < -0.39 is 0 Å². The molecular formula is C49H29N5. The first-order chi connectivity index (χ1) is 26.8. The zero-order chi connectivity index (χ0) is 35.3. The van der Waals surface area contributed by atoms with Crippen molar-refractivity contribution in [2.24, 2.45) is 0 Å². The smallest absolute Gasteiger partial charge is 0.238 e. The number of fused-ring (bicyclic) bond motifs is 7. The summed E-state index contributed by atoms with van der Waals surface area (Å²) in [6.07, 6.45) is 0. The molecule has 0 spiro atoms. The number of hydrogen-bond acceptors (Lipinski definition) is 3. The lowest BCUT2D eigenvalue weighted by Crippen LogP contribution is -2.06. The molecule has 0 amide bonds. The van der Waals surface area contributed by atoms with Gasteiger partial charge in [-0.25, -0.2) is 4.98 Å². The maximum Gasteiger partial charge on any atom is 0.238 e. The molecule has 54 heavy (non-hydrogen) atoms. The Morgan fingerprint density at radius 2 is 0.963 bits per heavy atom. The van der Waals surface area contributed by atoms with E-state index in [0.29, 0.717) is 17.6 Å². The lowest BCUT2D eigenvalue weighted by Gasteiger charge is -2.15. The molecule has 5 heteroatoms. The normalized spacial score (nSPS) is 12.1. The third-order valence-corrected chi connectivity index (χ3v) is 11.1. The second-order valence-corrected chi connectivity index (χ2v) is 14.0. The quantitative estimate of drug-likeness (QED) is 0.185. The van der Waals surface area contributed by atoms with E-state index in [0.717, 1.165) is 33.4 Å². The molecular weight excluding hydrogens is 659 g/mol. The average Bonchev–Trinajstić information content (AvgIpc) is 3.72. The first-order valence-corrected chi connectivity index (χ1v) is 18.3. The van der Waals surface area contributed by atoms with Gasteiger partial charge in [-0.1, -0.05) is 146 Å². The second kappa shape index (κ2) is 11.1. The highest BCUT2D eigenvalue weighted by Gasteiger charge is 2.30. The van der Waals surface area contributed by atoms with Crippen LogP contribution in [-0.2, 0) is 0 Å². The molecule has 0 aliphatic heterocycles. The molecule has 1 aliphatic carbocycles. The summed E-state index contributed by atoms with van der Waals surface area (Å²) in [5.74, 6) is 1.85. The van der Waals surface area contributed by atoms with Crippen molar-refractivity contribution in [3.8, 4) is 56.7 Å². The fourth-order valence-corrected chi connectivity index (χ4v) is 8.88. The van der Waals surface area contributed by atoms with E-state index in [-0.39, 0.29) is 0 Å². The monoisotopic (exact) mass is 687 g/mol. The van der Waals surface area contributed by atoms with Crippen LogP contribution in [0.3, 0.4) is 0 Å². The zero-order valence-electron chi connectivity index (χ0n) is 29.0. The van der Waals surface area contributed by atoms with Crippen LogP contribution in [0.1, 0.15) is 0 Å². The van der Waals surface area contributed by atoms with Gasteiger partial charge in [-0.15, -0.1) is 0 Å². The highest BCUT2D eigenvalue weighted by Crippen LogP contribution is 2.53. The average molecular weight is 688 g/mol. The minimum atomic E-state index is 0.584. The van der Waals surface area contributed by atoms with Gasteiger partial charge in [-0.3, -0.25) is 4.57 Å². The van der Waals surface area contributed by atoms with Crippen LogP contribution < -0.4 is 0 Å². The lowest BCUT2D eigenvalue weighted by molar-refractivity contribution is 0.954. The topological polar surface area (TPSA) is 48.5 Å². The molecule has 0 fully saturated rings. The molecule has 0 unspecified atom stereocenters. The summed E-state index contributed by atoms with van der Waals surface area (Å²) in [5.41, 5.74) is 12.3. The number of benzene rings is 8. The van der Waals surface area contributed by atoms with Crippen LogP contribution in [0.5, 0.6) is 0 Å². The molecule has 5 nitrogen and oxygen atoms in total. The van der Waals surface area contributed by atoms with Gasteiger partial charge >= 0.3 is 0 Å². The van der Waals surface area contributed by atoms with Gasteiger partial charge in [0.2, 0.25) is 5.95 Å². The molecule has 0 bridgehead atoms. The third-order valence-electron chi connectivity index (χ3n) is 11.1. The predicted octanol–water partition coefficient (Wildman–Crippen LogP) is 12.2. The van der Waals surface area contributed by atoms with E-state index in [1.807, 2.05) is 36.4 Å².